The molecule has 0 fully saturated rings. The Balaban J connectivity index is 2.89. The summed E-state index contributed by atoms with van der Waals surface area (Å²) in [6.45, 7) is 17.7. The van der Waals surface area contributed by atoms with Gasteiger partial charge in [-0.15, -0.1) is 0 Å². The van der Waals surface area contributed by atoms with E-state index in [1.165, 1.54) is 0 Å². The third kappa shape index (κ3) is 6.76. The number of nitrogens with zero attached hydrogens (tertiary/aromatic N) is 1. The van der Waals surface area contributed by atoms with Crippen LogP contribution in [-0.4, -0.2) is 36.0 Å². The molecular weight excluding hydrogens is 364 g/mol. The molecule has 26 heavy (non-hydrogen) atoms. The topological polar surface area (TPSA) is 60.5 Å². The first-order valence-corrected chi connectivity index (χ1v) is 13.2. The van der Waals surface area contributed by atoms with Gasteiger partial charge in [0.15, 0.2) is 8.32 Å². The maximum absolute atomic E-state index is 12.6. The summed E-state index contributed by atoms with van der Waals surface area (Å²) < 4.78 is 27.0. The Morgan fingerprint density at radius 3 is 2.23 bits per heavy atom. The minimum atomic E-state index is -1.80. The molecule has 1 rings (SSSR count). The molecule has 0 aliphatic rings. The highest BCUT2D eigenvalue weighted by Crippen LogP contribution is 2.37. The average Bonchev–Trinajstić information content (AvgIpc) is 2.51. The summed E-state index contributed by atoms with van der Waals surface area (Å²) in [5.41, 5.74) is 0.988. The molecule has 5 nitrogen and oxygen atoms in total. The zero-order valence-corrected chi connectivity index (χ0v) is 19.6. The van der Waals surface area contributed by atoms with E-state index in [-0.39, 0.29) is 15.8 Å². The highest BCUT2D eigenvalue weighted by molar-refractivity contribution is 7.84. The van der Waals surface area contributed by atoms with E-state index in [1.807, 2.05) is 32.9 Å². The van der Waals surface area contributed by atoms with Crippen LogP contribution >= 0.6 is 0 Å². The van der Waals surface area contributed by atoms with Crippen molar-refractivity contribution in [3.63, 3.8) is 0 Å². The number of rotatable bonds is 8. The van der Waals surface area contributed by atoms with E-state index in [2.05, 4.69) is 43.6 Å². The minimum Gasteiger partial charge on any atom is -0.481 e. The molecule has 0 spiro atoms. The lowest BCUT2D eigenvalue weighted by Gasteiger charge is -2.36. The van der Waals surface area contributed by atoms with Gasteiger partial charge in [0.1, 0.15) is 0 Å². The lowest BCUT2D eigenvalue weighted by atomic mass is 10.1. The molecule has 0 aliphatic carbocycles. The molecule has 0 aromatic carbocycles. The summed E-state index contributed by atoms with van der Waals surface area (Å²) in [6.07, 6.45) is 2.52. The molecule has 0 amide bonds. The van der Waals surface area contributed by atoms with Crippen LogP contribution in [0.15, 0.2) is 18.3 Å². The molecule has 7 heteroatoms. The summed E-state index contributed by atoms with van der Waals surface area (Å²) in [5, 5.41) is 0.172. The summed E-state index contributed by atoms with van der Waals surface area (Å²) >= 11 is 0. The molecule has 1 heterocycles. The van der Waals surface area contributed by atoms with Crippen molar-refractivity contribution in [2.24, 2.45) is 0 Å². The Morgan fingerprint density at radius 1 is 1.19 bits per heavy atom. The van der Waals surface area contributed by atoms with E-state index in [4.69, 9.17) is 9.16 Å². The van der Waals surface area contributed by atoms with E-state index in [0.29, 0.717) is 12.5 Å². The third-order valence-corrected chi connectivity index (χ3v) is 11.0. The molecule has 0 saturated heterocycles. The summed E-state index contributed by atoms with van der Waals surface area (Å²) in [7, 11) is -1.38. The van der Waals surface area contributed by atoms with Crippen LogP contribution in [0.25, 0.3) is 0 Å². The van der Waals surface area contributed by atoms with Gasteiger partial charge in [-0.2, -0.15) is 0 Å². The zero-order valence-electron chi connectivity index (χ0n) is 17.8. The molecule has 2 atom stereocenters. The second kappa shape index (κ2) is 8.95. The number of nitrogens with one attached hydrogen (secondary N) is 1. The normalized spacial score (nSPS) is 15.6. The zero-order chi connectivity index (χ0) is 20.2. The van der Waals surface area contributed by atoms with Gasteiger partial charge in [0.25, 0.3) is 0 Å². The predicted molar refractivity (Wildman–Crippen MR) is 112 cm³/mol. The lowest BCUT2D eigenvalue weighted by molar-refractivity contribution is 0.269. The van der Waals surface area contributed by atoms with Crippen LogP contribution in [0.2, 0.25) is 18.1 Å². The third-order valence-electron chi connectivity index (χ3n) is 4.85. The van der Waals surface area contributed by atoms with Gasteiger partial charge < -0.3 is 9.16 Å². The second-order valence-electron chi connectivity index (χ2n) is 9.08. The smallest absolute Gasteiger partial charge is 0.212 e. The van der Waals surface area contributed by atoms with Gasteiger partial charge in [0.2, 0.25) is 5.88 Å². The van der Waals surface area contributed by atoms with Crippen molar-refractivity contribution < 1.29 is 13.4 Å². The minimum absolute atomic E-state index is 0.0850. The molecule has 1 N–H and O–H groups in total. The monoisotopic (exact) mass is 400 g/mol. The van der Waals surface area contributed by atoms with Crippen LogP contribution in [0.5, 0.6) is 5.88 Å². The van der Waals surface area contributed by atoms with Crippen LogP contribution in [-0.2, 0) is 15.4 Å². The van der Waals surface area contributed by atoms with E-state index in [1.54, 1.807) is 13.3 Å². The number of pyridine rings is 1. The second-order valence-corrected chi connectivity index (χ2v) is 15.9. The number of ether oxygens (including phenoxy) is 1. The van der Waals surface area contributed by atoms with Gasteiger partial charge in [-0.1, -0.05) is 26.8 Å². The Morgan fingerprint density at radius 2 is 1.81 bits per heavy atom. The largest absolute Gasteiger partial charge is 0.481 e. The van der Waals surface area contributed by atoms with Gasteiger partial charge in [-0.05, 0) is 50.9 Å². The molecule has 0 saturated carbocycles. The van der Waals surface area contributed by atoms with Crippen molar-refractivity contribution in [3.05, 3.63) is 23.9 Å². The standard InChI is InChI=1S/C19H36N2O3SSi/c1-18(2,3)25(22)21-16(15-10-11-17(23-7)20-14-15)12-13-24-26(8,9)19(4,5)6/h10-11,14,16,21H,12-13H2,1-9H3/t16-,25?/m0/s1. The summed E-state index contributed by atoms with van der Waals surface area (Å²) in [4.78, 5) is 4.29. The van der Waals surface area contributed by atoms with Crippen molar-refractivity contribution >= 4 is 19.3 Å². The fourth-order valence-corrected chi connectivity index (χ4v) is 3.89. The van der Waals surface area contributed by atoms with E-state index in [9.17, 15) is 4.21 Å². The highest BCUT2D eigenvalue weighted by Gasteiger charge is 2.37. The van der Waals surface area contributed by atoms with Gasteiger partial charge in [-0.3, -0.25) is 0 Å². The molecule has 0 bridgehead atoms. The van der Waals surface area contributed by atoms with Crippen LogP contribution in [0.4, 0.5) is 0 Å². The first-order valence-electron chi connectivity index (χ1n) is 9.10. The molecule has 1 aromatic rings. The number of hydrogen-bond donors (Lipinski definition) is 1. The molecule has 0 aliphatic heterocycles. The van der Waals surface area contributed by atoms with Crippen molar-refractivity contribution in [2.75, 3.05) is 13.7 Å². The number of aromatic nitrogens is 1. The quantitative estimate of drug-likeness (QED) is 0.648. The lowest BCUT2D eigenvalue weighted by Crippen LogP contribution is -2.42. The average molecular weight is 401 g/mol. The Hall–Kier alpha value is -0.763. The van der Waals surface area contributed by atoms with E-state index in [0.717, 1.165) is 12.0 Å². The Kier molecular flexibility index (Phi) is 8.01. The van der Waals surface area contributed by atoms with Crippen LogP contribution in [0.1, 0.15) is 59.6 Å². The van der Waals surface area contributed by atoms with Crippen LogP contribution < -0.4 is 9.46 Å². The SMILES string of the molecule is COc1ccc([C@H](CCO[Si](C)(C)C(C)(C)C)NS(=O)C(C)(C)C)cn1. The van der Waals surface area contributed by atoms with Crippen molar-refractivity contribution in [3.8, 4) is 5.88 Å². The summed E-state index contributed by atoms with van der Waals surface area (Å²) in [6, 6.07) is 3.72. The van der Waals surface area contributed by atoms with Crippen molar-refractivity contribution in [2.45, 2.75) is 76.9 Å². The number of methoxy groups -OCH3 is 1. The molecular formula is C19H36N2O3SSi. The van der Waals surface area contributed by atoms with Crippen LogP contribution in [0, 0.1) is 0 Å². The fraction of sp³-hybridized carbons (Fsp3) is 0.737. The van der Waals surface area contributed by atoms with E-state index < -0.39 is 19.3 Å². The molecule has 1 aromatic heterocycles. The number of hydrogen-bond acceptors (Lipinski definition) is 4. The van der Waals surface area contributed by atoms with Gasteiger partial charge in [0.05, 0.1) is 22.8 Å². The summed E-state index contributed by atoms with van der Waals surface area (Å²) in [5.74, 6) is 0.571. The molecule has 150 valence electrons. The van der Waals surface area contributed by atoms with Crippen molar-refractivity contribution in [1.82, 2.24) is 9.71 Å². The first-order chi connectivity index (χ1) is 11.8. The maximum Gasteiger partial charge on any atom is 0.212 e. The Labute approximate surface area is 163 Å². The van der Waals surface area contributed by atoms with Gasteiger partial charge in [0, 0.05) is 24.9 Å². The van der Waals surface area contributed by atoms with Crippen molar-refractivity contribution in [1.29, 1.82) is 0 Å². The van der Waals surface area contributed by atoms with E-state index >= 15 is 0 Å². The van der Waals surface area contributed by atoms with Gasteiger partial charge >= 0.3 is 0 Å². The Bertz CT molecular complexity index is 592. The predicted octanol–water partition coefficient (Wildman–Crippen LogP) is 4.60. The van der Waals surface area contributed by atoms with Crippen LogP contribution in [0.3, 0.4) is 0 Å². The first kappa shape index (κ1) is 23.3. The molecule has 0 radical (unpaired) electrons. The fourth-order valence-electron chi connectivity index (χ4n) is 1.97. The highest BCUT2D eigenvalue weighted by atomic mass is 32.2. The molecule has 1 unspecified atom stereocenters. The van der Waals surface area contributed by atoms with Gasteiger partial charge in [-0.25, -0.2) is 13.9 Å². The maximum atomic E-state index is 12.6.